The van der Waals surface area contributed by atoms with E-state index in [1.54, 1.807) is 57.0 Å². The van der Waals surface area contributed by atoms with Gasteiger partial charge >= 0.3 is 6.09 Å². The maximum atomic E-state index is 13.9. The van der Waals surface area contributed by atoms with Gasteiger partial charge in [-0.1, -0.05) is 23.8 Å². The molecule has 37 heavy (non-hydrogen) atoms. The third kappa shape index (κ3) is 7.64. The molecular weight excluding hydrogens is 490 g/mol. The van der Waals surface area contributed by atoms with Gasteiger partial charge in [-0.2, -0.15) is 12.6 Å². The number of methoxy groups -OCH3 is 1. The summed E-state index contributed by atoms with van der Waals surface area (Å²) in [4.78, 5) is 41.8. The number of anilines is 1. The maximum Gasteiger partial charge on any atom is 0.408 e. The molecule has 2 aromatic rings. The van der Waals surface area contributed by atoms with Gasteiger partial charge in [-0.05, 0) is 82.9 Å². The minimum absolute atomic E-state index is 0.0565. The van der Waals surface area contributed by atoms with E-state index in [4.69, 9.17) is 9.47 Å². The van der Waals surface area contributed by atoms with Gasteiger partial charge in [-0.3, -0.25) is 9.59 Å². The zero-order valence-corrected chi connectivity index (χ0v) is 23.2. The molecule has 0 saturated heterocycles. The number of alkyl carbamates (subject to hydrolysis) is 1. The maximum absolute atomic E-state index is 13.9. The predicted octanol–water partition coefficient (Wildman–Crippen LogP) is 4.81. The van der Waals surface area contributed by atoms with E-state index in [1.165, 1.54) is 0 Å². The second-order valence-electron chi connectivity index (χ2n) is 10.3. The molecule has 8 nitrogen and oxygen atoms in total. The zero-order valence-electron chi connectivity index (χ0n) is 22.3. The number of aryl methyl sites for hydroxylation is 2. The average molecular weight is 528 g/mol. The molecule has 0 spiro atoms. The number of rotatable bonds is 9. The first-order valence-electron chi connectivity index (χ1n) is 12.4. The molecule has 1 aliphatic rings. The van der Waals surface area contributed by atoms with Gasteiger partial charge in [0.15, 0.2) is 0 Å². The lowest BCUT2D eigenvalue weighted by molar-refractivity contribution is -0.141. The van der Waals surface area contributed by atoms with Crippen molar-refractivity contribution in [2.45, 2.75) is 71.2 Å². The van der Waals surface area contributed by atoms with Crippen molar-refractivity contribution in [2.24, 2.45) is 0 Å². The van der Waals surface area contributed by atoms with Crippen molar-refractivity contribution < 1.29 is 23.9 Å². The number of benzene rings is 2. The van der Waals surface area contributed by atoms with Gasteiger partial charge in [0, 0.05) is 17.5 Å². The minimum Gasteiger partial charge on any atom is -0.497 e. The van der Waals surface area contributed by atoms with Crippen LogP contribution in [0.4, 0.5) is 10.5 Å². The molecule has 0 bridgehead atoms. The number of carbonyl (C=O) groups excluding carboxylic acids is 3. The van der Waals surface area contributed by atoms with Gasteiger partial charge in [0.1, 0.15) is 23.4 Å². The molecule has 2 unspecified atom stereocenters. The predicted molar refractivity (Wildman–Crippen MR) is 147 cm³/mol. The summed E-state index contributed by atoms with van der Waals surface area (Å²) in [5, 5.41) is 5.60. The SMILES string of the molecule is COc1ccc(NC(=O)C(c2ccc(C)cc2C)N(C(=O)C(CS)NC(=O)OC(C)(C)C)C2CC2)cc1. The van der Waals surface area contributed by atoms with Crippen molar-refractivity contribution in [1.82, 2.24) is 10.2 Å². The first-order chi connectivity index (χ1) is 17.4. The largest absolute Gasteiger partial charge is 0.497 e. The normalized spacial score (nSPS) is 14.8. The summed E-state index contributed by atoms with van der Waals surface area (Å²) in [5.41, 5.74) is 2.55. The van der Waals surface area contributed by atoms with Crippen molar-refractivity contribution in [1.29, 1.82) is 0 Å². The van der Waals surface area contributed by atoms with Crippen LogP contribution in [0.25, 0.3) is 0 Å². The Morgan fingerprint density at radius 3 is 2.24 bits per heavy atom. The first kappa shape index (κ1) is 28.4. The van der Waals surface area contributed by atoms with Gasteiger partial charge in [-0.15, -0.1) is 0 Å². The summed E-state index contributed by atoms with van der Waals surface area (Å²) in [5.74, 6) is 0.00962. The van der Waals surface area contributed by atoms with E-state index < -0.39 is 23.8 Å². The Hall–Kier alpha value is -3.20. The summed E-state index contributed by atoms with van der Waals surface area (Å²) in [6.45, 7) is 9.16. The van der Waals surface area contributed by atoms with E-state index in [1.807, 2.05) is 32.0 Å². The molecule has 2 aromatic carbocycles. The van der Waals surface area contributed by atoms with Crippen molar-refractivity contribution in [2.75, 3.05) is 18.2 Å². The molecule has 0 radical (unpaired) electrons. The van der Waals surface area contributed by atoms with Crippen LogP contribution in [-0.4, -0.2) is 53.4 Å². The van der Waals surface area contributed by atoms with Gasteiger partial charge in [0.05, 0.1) is 7.11 Å². The number of thiol groups is 1. The molecule has 0 aromatic heterocycles. The third-order valence-electron chi connectivity index (χ3n) is 5.97. The molecule has 0 aliphatic heterocycles. The molecule has 1 fully saturated rings. The minimum atomic E-state index is -0.958. The van der Waals surface area contributed by atoms with E-state index in [0.29, 0.717) is 11.4 Å². The zero-order chi connectivity index (χ0) is 27.3. The van der Waals surface area contributed by atoms with Gasteiger partial charge in [-0.25, -0.2) is 4.79 Å². The Balaban J connectivity index is 1.96. The first-order valence-corrected chi connectivity index (χ1v) is 13.0. The van der Waals surface area contributed by atoms with E-state index in [0.717, 1.165) is 29.5 Å². The van der Waals surface area contributed by atoms with E-state index >= 15 is 0 Å². The molecule has 0 heterocycles. The molecule has 2 N–H and O–H groups in total. The van der Waals surface area contributed by atoms with Crippen LogP contribution >= 0.6 is 12.6 Å². The second kappa shape index (κ2) is 11.9. The highest BCUT2D eigenvalue weighted by molar-refractivity contribution is 7.80. The van der Waals surface area contributed by atoms with Gasteiger partial charge in [0.25, 0.3) is 5.91 Å². The van der Waals surface area contributed by atoms with E-state index in [-0.39, 0.29) is 23.6 Å². The lowest BCUT2D eigenvalue weighted by Gasteiger charge is -2.35. The van der Waals surface area contributed by atoms with Crippen LogP contribution in [0.15, 0.2) is 42.5 Å². The smallest absolute Gasteiger partial charge is 0.408 e. The number of nitrogens with zero attached hydrogens (tertiary/aromatic N) is 1. The van der Waals surface area contributed by atoms with Crippen molar-refractivity contribution in [3.8, 4) is 5.75 Å². The number of carbonyl (C=O) groups is 3. The molecule has 2 atom stereocenters. The fourth-order valence-electron chi connectivity index (χ4n) is 4.12. The number of hydrogen-bond acceptors (Lipinski definition) is 6. The number of nitrogens with one attached hydrogen (secondary N) is 2. The molecular formula is C28H37N3O5S. The Morgan fingerprint density at radius 1 is 1.08 bits per heavy atom. The highest BCUT2D eigenvalue weighted by Gasteiger charge is 2.44. The van der Waals surface area contributed by atoms with E-state index in [2.05, 4.69) is 23.3 Å². The van der Waals surface area contributed by atoms with Crippen molar-refractivity contribution >= 4 is 36.2 Å². The van der Waals surface area contributed by atoms with Crippen molar-refractivity contribution in [3.63, 3.8) is 0 Å². The molecule has 9 heteroatoms. The van der Waals surface area contributed by atoms with Crippen LogP contribution in [0.5, 0.6) is 5.75 Å². The van der Waals surface area contributed by atoms with Crippen molar-refractivity contribution in [3.05, 3.63) is 59.2 Å². The fourth-order valence-corrected chi connectivity index (χ4v) is 4.37. The summed E-state index contributed by atoms with van der Waals surface area (Å²) < 4.78 is 10.6. The Morgan fingerprint density at radius 2 is 1.73 bits per heavy atom. The summed E-state index contributed by atoms with van der Waals surface area (Å²) in [7, 11) is 1.58. The highest BCUT2D eigenvalue weighted by Crippen LogP contribution is 2.37. The molecule has 3 rings (SSSR count). The molecule has 1 saturated carbocycles. The van der Waals surface area contributed by atoms with Crippen LogP contribution in [0, 0.1) is 13.8 Å². The number of hydrogen-bond donors (Lipinski definition) is 3. The van der Waals surface area contributed by atoms with Gasteiger partial charge < -0.3 is 25.0 Å². The Bertz CT molecular complexity index is 1130. The lowest BCUT2D eigenvalue weighted by Crippen LogP contribution is -2.54. The van der Waals surface area contributed by atoms with Crippen LogP contribution in [0.1, 0.15) is 56.3 Å². The van der Waals surface area contributed by atoms with Crippen LogP contribution < -0.4 is 15.4 Å². The summed E-state index contributed by atoms with van der Waals surface area (Å²) in [6.07, 6.45) is 0.838. The average Bonchev–Trinajstić information content (AvgIpc) is 3.65. The lowest BCUT2D eigenvalue weighted by atomic mass is 9.96. The second-order valence-corrected chi connectivity index (χ2v) is 10.7. The third-order valence-corrected chi connectivity index (χ3v) is 6.34. The standard InChI is InChI=1S/C28H37N3O5S/c1-17-7-14-22(18(2)15-17)24(25(32)29-19-8-12-21(35-6)13-9-19)31(20-10-11-20)26(33)23(16-37)30-27(34)36-28(3,4)5/h7-9,12-15,20,23-24,37H,10-11,16H2,1-6H3,(H,29,32)(H,30,34). The Labute approximate surface area is 224 Å². The van der Waals surface area contributed by atoms with Crippen LogP contribution in [-0.2, 0) is 14.3 Å². The highest BCUT2D eigenvalue weighted by atomic mass is 32.1. The number of amides is 3. The van der Waals surface area contributed by atoms with Gasteiger partial charge in [0.2, 0.25) is 5.91 Å². The summed E-state index contributed by atoms with van der Waals surface area (Å²) >= 11 is 4.33. The van der Waals surface area contributed by atoms with Crippen LogP contribution in [0.3, 0.4) is 0 Å². The Kier molecular flexibility index (Phi) is 9.12. The topological polar surface area (TPSA) is 97.0 Å². The van der Waals surface area contributed by atoms with E-state index in [9.17, 15) is 14.4 Å². The van der Waals surface area contributed by atoms with Crippen LogP contribution in [0.2, 0.25) is 0 Å². The summed E-state index contributed by atoms with van der Waals surface area (Å²) in [6, 6.07) is 10.9. The molecule has 200 valence electrons. The monoisotopic (exact) mass is 527 g/mol. The quantitative estimate of drug-likeness (QED) is 0.407. The molecule has 3 amide bonds. The number of ether oxygens (including phenoxy) is 2. The fraction of sp³-hybridized carbons (Fsp3) is 0.464. The molecule has 1 aliphatic carbocycles.